The van der Waals surface area contributed by atoms with Crippen molar-refractivity contribution in [2.75, 3.05) is 26.1 Å². The van der Waals surface area contributed by atoms with Crippen LogP contribution >= 0.6 is 11.6 Å². The van der Waals surface area contributed by atoms with E-state index in [0.29, 0.717) is 27.8 Å². The number of carbonyl (C=O) groups is 2. The number of halogens is 1. The highest BCUT2D eigenvalue weighted by molar-refractivity contribution is 6.30. The summed E-state index contributed by atoms with van der Waals surface area (Å²) in [6.07, 6.45) is 0. The fraction of sp³-hybridized carbons (Fsp3) is 0.200. The number of rotatable bonds is 8. The van der Waals surface area contributed by atoms with E-state index < -0.39 is 0 Å². The van der Waals surface area contributed by atoms with E-state index in [1.165, 1.54) is 0 Å². The van der Waals surface area contributed by atoms with E-state index in [2.05, 4.69) is 5.32 Å². The molecule has 3 aromatic rings. The number of methoxy groups -OCH3 is 1. The molecule has 32 heavy (non-hydrogen) atoms. The van der Waals surface area contributed by atoms with Gasteiger partial charge in [0.15, 0.2) is 6.61 Å². The molecule has 6 nitrogen and oxygen atoms in total. The quantitative estimate of drug-likeness (QED) is 0.510. The van der Waals surface area contributed by atoms with Crippen LogP contribution in [-0.4, -0.2) is 37.5 Å². The van der Waals surface area contributed by atoms with Crippen LogP contribution in [0.3, 0.4) is 0 Å². The zero-order valence-electron chi connectivity index (χ0n) is 18.2. The first-order valence-corrected chi connectivity index (χ1v) is 10.4. The molecule has 0 saturated carbocycles. The number of anilines is 1. The van der Waals surface area contributed by atoms with Crippen LogP contribution in [0.1, 0.15) is 28.9 Å². The molecule has 0 bridgehead atoms. The van der Waals surface area contributed by atoms with Gasteiger partial charge in [0.1, 0.15) is 11.5 Å². The van der Waals surface area contributed by atoms with Gasteiger partial charge in [0, 0.05) is 29.4 Å². The van der Waals surface area contributed by atoms with Crippen LogP contribution in [0.5, 0.6) is 11.5 Å². The number of amides is 2. The fourth-order valence-corrected chi connectivity index (χ4v) is 3.21. The predicted octanol–water partition coefficient (Wildman–Crippen LogP) is 5.20. The molecule has 3 rings (SSSR count). The Morgan fingerprint density at radius 3 is 2.34 bits per heavy atom. The second-order valence-corrected chi connectivity index (χ2v) is 7.67. The molecule has 0 saturated heterocycles. The molecule has 1 unspecified atom stereocenters. The van der Waals surface area contributed by atoms with Crippen molar-refractivity contribution in [3.63, 3.8) is 0 Å². The lowest BCUT2D eigenvalue weighted by atomic mass is 10.1. The Hall–Kier alpha value is -3.51. The van der Waals surface area contributed by atoms with Crippen LogP contribution in [0.25, 0.3) is 0 Å². The minimum Gasteiger partial charge on any atom is -0.497 e. The molecule has 0 aliphatic carbocycles. The van der Waals surface area contributed by atoms with Gasteiger partial charge in [0.25, 0.3) is 11.8 Å². The van der Waals surface area contributed by atoms with E-state index in [4.69, 9.17) is 21.1 Å². The van der Waals surface area contributed by atoms with Gasteiger partial charge < -0.3 is 19.7 Å². The number of hydrogen-bond donors (Lipinski definition) is 1. The minimum absolute atomic E-state index is 0.115. The number of ether oxygens (including phenoxy) is 2. The predicted molar refractivity (Wildman–Crippen MR) is 126 cm³/mol. The van der Waals surface area contributed by atoms with E-state index in [1.54, 1.807) is 67.6 Å². The maximum Gasteiger partial charge on any atom is 0.262 e. The molecule has 0 aliphatic heterocycles. The Morgan fingerprint density at radius 1 is 1.00 bits per heavy atom. The molecule has 0 fully saturated rings. The summed E-state index contributed by atoms with van der Waals surface area (Å²) >= 11 is 5.94. The van der Waals surface area contributed by atoms with Gasteiger partial charge in [0.05, 0.1) is 13.2 Å². The second kappa shape index (κ2) is 10.7. The summed E-state index contributed by atoms with van der Waals surface area (Å²) in [5.74, 6) is 0.736. The van der Waals surface area contributed by atoms with Crippen molar-refractivity contribution in [1.82, 2.24) is 4.90 Å². The van der Waals surface area contributed by atoms with Gasteiger partial charge in [-0.2, -0.15) is 0 Å². The van der Waals surface area contributed by atoms with Crippen molar-refractivity contribution < 1.29 is 19.1 Å². The summed E-state index contributed by atoms with van der Waals surface area (Å²) in [6.45, 7) is 1.80. The van der Waals surface area contributed by atoms with Crippen LogP contribution in [0.4, 0.5) is 5.69 Å². The van der Waals surface area contributed by atoms with E-state index in [-0.39, 0.29) is 24.5 Å². The van der Waals surface area contributed by atoms with Gasteiger partial charge in [-0.25, -0.2) is 0 Å². The largest absolute Gasteiger partial charge is 0.497 e. The van der Waals surface area contributed by atoms with Crippen molar-refractivity contribution in [2.45, 2.75) is 13.0 Å². The lowest BCUT2D eigenvalue weighted by molar-refractivity contribution is -0.118. The fourth-order valence-electron chi connectivity index (χ4n) is 3.08. The minimum atomic E-state index is -0.296. The molecule has 0 aromatic heterocycles. The van der Waals surface area contributed by atoms with Gasteiger partial charge in [-0.15, -0.1) is 0 Å². The molecule has 0 heterocycles. The number of hydrogen-bond acceptors (Lipinski definition) is 4. The zero-order valence-corrected chi connectivity index (χ0v) is 18.9. The van der Waals surface area contributed by atoms with E-state index in [9.17, 15) is 9.59 Å². The van der Waals surface area contributed by atoms with Gasteiger partial charge in [-0.1, -0.05) is 29.8 Å². The Labute approximate surface area is 192 Å². The van der Waals surface area contributed by atoms with Gasteiger partial charge in [-0.3, -0.25) is 9.59 Å². The molecule has 0 radical (unpaired) electrons. The van der Waals surface area contributed by atoms with E-state index >= 15 is 0 Å². The van der Waals surface area contributed by atoms with Crippen molar-refractivity contribution in [3.05, 3.63) is 88.9 Å². The zero-order chi connectivity index (χ0) is 23.1. The highest BCUT2D eigenvalue weighted by atomic mass is 35.5. The molecule has 166 valence electrons. The van der Waals surface area contributed by atoms with Gasteiger partial charge in [0.2, 0.25) is 0 Å². The third kappa shape index (κ3) is 6.02. The average molecular weight is 453 g/mol. The Kier molecular flexibility index (Phi) is 7.73. The molecular weight excluding hydrogens is 428 g/mol. The SMILES string of the molecule is COc1cccc(NC(=O)COc2ccc(C(=O)N(C)C(C)c3ccc(Cl)cc3)cc2)c1. The van der Waals surface area contributed by atoms with Crippen LogP contribution in [0.2, 0.25) is 5.02 Å². The molecule has 2 amide bonds. The van der Waals surface area contributed by atoms with Gasteiger partial charge >= 0.3 is 0 Å². The highest BCUT2D eigenvalue weighted by Gasteiger charge is 2.19. The Bertz CT molecular complexity index is 1070. The molecule has 1 N–H and O–H groups in total. The first-order chi connectivity index (χ1) is 15.4. The van der Waals surface area contributed by atoms with Crippen LogP contribution in [-0.2, 0) is 4.79 Å². The van der Waals surface area contributed by atoms with Crippen molar-refractivity contribution in [3.8, 4) is 11.5 Å². The lowest BCUT2D eigenvalue weighted by Crippen LogP contribution is -2.29. The van der Waals surface area contributed by atoms with Crippen LogP contribution < -0.4 is 14.8 Å². The molecule has 7 heteroatoms. The third-order valence-electron chi connectivity index (χ3n) is 5.08. The van der Waals surface area contributed by atoms with E-state index in [1.807, 2.05) is 31.2 Å². The summed E-state index contributed by atoms with van der Waals surface area (Å²) < 4.78 is 10.7. The van der Waals surface area contributed by atoms with Crippen molar-refractivity contribution in [1.29, 1.82) is 0 Å². The maximum absolute atomic E-state index is 12.8. The van der Waals surface area contributed by atoms with Crippen molar-refractivity contribution >= 4 is 29.1 Å². The van der Waals surface area contributed by atoms with Crippen molar-refractivity contribution in [2.24, 2.45) is 0 Å². The summed E-state index contributed by atoms with van der Waals surface area (Å²) in [5, 5.41) is 3.41. The molecule has 0 spiro atoms. The Morgan fingerprint density at radius 2 is 1.69 bits per heavy atom. The first-order valence-electron chi connectivity index (χ1n) is 10.1. The summed E-state index contributed by atoms with van der Waals surface area (Å²) in [6, 6.07) is 21.1. The van der Waals surface area contributed by atoms with E-state index in [0.717, 1.165) is 5.56 Å². The normalized spacial score (nSPS) is 11.4. The standard InChI is InChI=1S/C25H25ClN2O4/c1-17(18-7-11-20(26)12-8-18)28(2)25(30)19-9-13-22(14-10-19)32-16-24(29)27-21-5-4-6-23(15-21)31-3/h4-15,17H,16H2,1-3H3,(H,27,29). The second-order valence-electron chi connectivity index (χ2n) is 7.24. The topological polar surface area (TPSA) is 67.9 Å². The summed E-state index contributed by atoms with van der Waals surface area (Å²) in [5.41, 5.74) is 2.14. The molecular formula is C25H25ClN2O4. The monoisotopic (exact) mass is 452 g/mol. The maximum atomic E-state index is 12.8. The summed E-state index contributed by atoms with van der Waals surface area (Å²) in [4.78, 5) is 26.6. The summed E-state index contributed by atoms with van der Waals surface area (Å²) in [7, 11) is 3.32. The number of nitrogens with zero attached hydrogens (tertiary/aromatic N) is 1. The van der Waals surface area contributed by atoms with Crippen LogP contribution in [0.15, 0.2) is 72.8 Å². The number of nitrogens with one attached hydrogen (secondary N) is 1. The molecule has 3 aromatic carbocycles. The average Bonchev–Trinajstić information content (AvgIpc) is 2.82. The smallest absolute Gasteiger partial charge is 0.262 e. The number of carbonyl (C=O) groups excluding carboxylic acids is 2. The first kappa shape index (κ1) is 23.2. The third-order valence-corrected chi connectivity index (χ3v) is 5.33. The van der Waals surface area contributed by atoms with Crippen LogP contribution in [0, 0.1) is 0 Å². The van der Waals surface area contributed by atoms with Gasteiger partial charge in [-0.05, 0) is 61.0 Å². The molecule has 1 atom stereocenters. The lowest BCUT2D eigenvalue weighted by Gasteiger charge is -2.25. The highest BCUT2D eigenvalue weighted by Crippen LogP contribution is 2.23. The Balaban J connectivity index is 1.55. The number of benzene rings is 3. The molecule has 0 aliphatic rings.